The van der Waals surface area contributed by atoms with Crippen molar-refractivity contribution in [3.8, 4) is 0 Å². The monoisotopic (exact) mass is 289 g/mol. The fourth-order valence-corrected chi connectivity index (χ4v) is 2.10. The second kappa shape index (κ2) is 6.91. The first kappa shape index (κ1) is 14.3. The molecule has 4 nitrogen and oxygen atoms in total. The fraction of sp³-hybridized carbons (Fsp3) is 0.200. The van der Waals surface area contributed by atoms with Crippen LogP contribution < -0.4 is 5.32 Å². The van der Waals surface area contributed by atoms with E-state index in [2.05, 4.69) is 10.3 Å². The maximum atomic E-state index is 12.0. The third kappa shape index (κ3) is 3.71. The van der Waals surface area contributed by atoms with Crippen molar-refractivity contribution >= 4 is 17.6 Å². The minimum atomic E-state index is -0.145. The van der Waals surface area contributed by atoms with Crippen molar-refractivity contribution in [3.05, 3.63) is 64.9 Å². The van der Waals surface area contributed by atoms with Crippen molar-refractivity contribution in [1.82, 2.24) is 15.2 Å². The molecule has 0 spiro atoms. The summed E-state index contributed by atoms with van der Waals surface area (Å²) in [6.45, 7) is 0.937. The number of aromatic nitrogens is 1. The number of nitrogens with one attached hydrogen (secondary N) is 1. The molecule has 2 aromatic rings. The Labute approximate surface area is 123 Å². The number of carbonyl (C=O) groups excluding carboxylic acids is 1. The van der Waals surface area contributed by atoms with Gasteiger partial charge in [-0.25, -0.2) is 4.79 Å². The predicted molar refractivity (Wildman–Crippen MR) is 79.4 cm³/mol. The molecule has 2 amide bonds. The maximum absolute atomic E-state index is 12.0. The van der Waals surface area contributed by atoms with Crippen LogP contribution >= 0.6 is 11.6 Å². The van der Waals surface area contributed by atoms with Gasteiger partial charge in [-0.2, -0.15) is 0 Å². The Hall–Kier alpha value is -2.07. The summed E-state index contributed by atoms with van der Waals surface area (Å²) < 4.78 is 0. The molecule has 0 atom stereocenters. The molecule has 0 aliphatic carbocycles. The summed E-state index contributed by atoms with van der Waals surface area (Å²) in [7, 11) is 1.62. The molecule has 1 aromatic heterocycles. The summed E-state index contributed by atoms with van der Waals surface area (Å²) in [5, 5.41) is 3.31. The molecule has 104 valence electrons. The first-order chi connectivity index (χ1) is 9.70. The molecule has 0 saturated heterocycles. The molecule has 0 radical (unpaired) electrons. The van der Waals surface area contributed by atoms with Crippen LogP contribution in [-0.4, -0.2) is 23.0 Å². The van der Waals surface area contributed by atoms with Crippen LogP contribution in [0, 0.1) is 0 Å². The highest BCUT2D eigenvalue weighted by Gasteiger charge is 2.14. The molecule has 0 fully saturated rings. The van der Waals surface area contributed by atoms with Crippen LogP contribution in [0.3, 0.4) is 0 Å². The molecule has 0 bridgehead atoms. The molecule has 2 rings (SSSR count). The highest BCUT2D eigenvalue weighted by molar-refractivity contribution is 6.31. The molecular formula is C15H16ClN3O. The van der Waals surface area contributed by atoms with Crippen molar-refractivity contribution in [2.24, 2.45) is 0 Å². The summed E-state index contributed by atoms with van der Waals surface area (Å²) >= 11 is 6.15. The van der Waals surface area contributed by atoms with Gasteiger partial charge in [-0.3, -0.25) is 4.98 Å². The summed E-state index contributed by atoms with van der Waals surface area (Å²) in [4.78, 5) is 17.7. The molecule has 5 heteroatoms. The minimum Gasteiger partial charge on any atom is -0.341 e. The van der Waals surface area contributed by atoms with Crippen LogP contribution in [0.4, 0.5) is 4.79 Å². The van der Waals surface area contributed by atoms with E-state index < -0.39 is 0 Å². The Balaban J connectivity index is 2.16. The van der Waals surface area contributed by atoms with E-state index in [-0.39, 0.29) is 6.03 Å². The van der Waals surface area contributed by atoms with Gasteiger partial charge in [0.05, 0.1) is 0 Å². The molecule has 1 N–H and O–H groups in total. The lowest BCUT2D eigenvalue weighted by molar-refractivity contribution is 0.194. The number of nitrogens with zero attached hydrogens (tertiary/aromatic N) is 2. The zero-order valence-corrected chi connectivity index (χ0v) is 12.0. The Bertz CT molecular complexity index is 574. The van der Waals surface area contributed by atoms with Gasteiger partial charge >= 0.3 is 6.03 Å². The Kier molecular flexibility index (Phi) is 4.96. The van der Waals surface area contributed by atoms with Gasteiger partial charge in [-0.1, -0.05) is 35.9 Å². The highest BCUT2D eigenvalue weighted by Crippen LogP contribution is 2.18. The third-order valence-electron chi connectivity index (χ3n) is 2.92. The number of hydrogen-bond acceptors (Lipinski definition) is 2. The first-order valence-electron chi connectivity index (χ1n) is 6.29. The van der Waals surface area contributed by atoms with Crippen LogP contribution in [0.25, 0.3) is 0 Å². The van der Waals surface area contributed by atoms with Gasteiger partial charge in [0.2, 0.25) is 0 Å². The lowest BCUT2D eigenvalue weighted by Gasteiger charge is -2.22. The number of urea groups is 1. The van der Waals surface area contributed by atoms with Crippen LogP contribution in [0.1, 0.15) is 11.1 Å². The molecule has 0 unspecified atom stereocenters. The quantitative estimate of drug-likeness (QED) is 0.940. The van der Waals surface area contributed by atoms with Crippen molar-refractivity contribution in [2.75, 3.05) is 7.05 Å². The van der Waals surface area contributed by atoms with Crippen molar-refractivity contribution in [2.45, 2.75) is 13.1 Å². The molecule has 0 saturated carbocycles. The number of hydrogen-bond donors (Lipinski definition) is 1. The molecule has 1 heterocycles. The van der Waals surface area contributed by atoms with Gasteiger partial charge in [0.25, 0.3) is 0 Å². The summed E-state index contributed by atoms with van der Waals surface area (Å²) in [5.41, 5.74) is 1.89. The van der Waals surface area contributed by atoms with E-state index >= 15 is 0 Å². The highest BCUT2D eigenvalue weighted by atomic mass is 35.5. The molecule has 0 aliphatic heterocycles. The predicted octanol–water partition coefficient (Wildman–Crippen LogP) is 3.08. The zero-order valence-electron chi connectivity index (χ0n) is 11.2. The molecule has 0 aliphatic rings. The van der Waals surface area contributed by atoms with E-state index in [0.29, 0.717) is 18.1 Å². The number of benzene rings is 1. The molecular weight excluding hydrogens is 274 g/mol. The second-order valence-corrected chi connectivity index (χ2v) is 4.77. The fourth-order valence-electron chi connectivity index (χ4n) is 1.90. The minimum absolute atomic E-state index is 0.145. The smallest absolute Gasteiger partial charge is 0.317 e. The van der Waals surface area contributed by atoms with Gasteiger partial charge in [0.1, 0.15) is 0 Å². The maximum Gasteiger partial charge on any atom is 0.317 e. The van der Waals surface area contributed by atoms with Crippen LogP contribution in [0.15, 0.2) is 48.8 Å². The van der Waals surface area contributed by atoms with E-state index in [1.165, 1.54) is 0 Å². The van der Waals surface area contributed by atoms with Crippen molar-refractivity contribution in [3.63, 3.8) is 0 Å². The Morgan fingerprint density at radius 1 is 1.25 bits per heavy atom. The van der Waals surface area contributed by atoms with Gasteiger partial charge in [-0.15, -0.1) is 0 Å². The van der Waals surface area contributed by atoms with Crippen molar-refractivity contribution in [1.29, 1.82) is 0 Å². The van der Waals surface area contributed by atoms with E-state index in [4.69, 9.17) is 11.6 Å². The average Bonchev–Trinajstić information content (AvgIpc) is 2.49. The lowest BCUT2D eigenvalue weighted by atomic mass is 10.2. The standard InChI is InChI=1S/C15H16ClN3O/c1-17-15(20)19(10-12-5-4-8-18-9-12)11-13-6-2-3-7-14(13)16/h2-9H,10-11H2,1H3,(H,17,20). The second-order valence-electron chi connectivity index (χ2n) is 4.36. The van der Waals surface area contributed by atoms with Crippen LogP contribution in [0.2, 0.25) is 5.02 Å². The SMILES string of the molecule is CNC(=O)N(Cc1cccnc1)Cc1ccccc1Cl. The first-order valence-corrected chi connectivity index (χ1v) is 6.67. The number of rotatable bonds is 4. The summed E-state index contributed by atoms with van der Waals surface area (Å²) in [5.74, 6) is 0. The average molecular weight is 290 g/mol. The van der Waals surface area contributed by atoms with Crippen LogP contribution in [0.5, 0.6) is 0 Å². The number of pyridine rings is 1. The zero-order chi connectivity index (χ0) is 14.4. The number of carbonyl (C=O) groups is 1. The van der Waals surface area contributed by atoms with Gasteiger partial charge < -0.3 is 10.2 Å². The molecule has 1 aromatic carbocycles. The van der Waals surface area contributed by atoms with Gasteiger partial charge in [0, 0.05) is 37.6 Å². The van der Waals surface area contributed by atoms with Crippen LogP contribution in [-0.2, 0) is 13.1 Å². The summed E-state index contributed by atoms with van der Waals surface area (Å²) in [6.07, 6.45) is 3.46. The number of halogens is 1. The Morgan fingerprint density at radius 3 is 2.70 bits per heavy atom. The van der Waals surface area contributed by atoms with E-state index in [1.807, 2.05) is 36.4 Å². The van der Waals surface area contributed by atoms with Crippen molar-refractivity contribution < 1.29 is 4.79 Å². The van der Waals surface area contributed by atoms with Gasteiger partial charge in [0.15, 0.2) is 0 Å². The summed E-state index contributed by atoms with van der Waals surface area (Å²) in [6, 6.07) is 11.2. The van der Waals surface area contributed by atoms with E-state index in [9.17, 15) is 4.79 Å². The topological polar surface area (TPSA) is 45.2 Å². The largest absolute Gasteiger partial charge is 0.341 e. The van der Waals surface area contributed by atoms with E-state index in [0.717, 1.165) is 11.1 Å². The molecule has 20 heavy (non-hydrogen) atoms. The van der Waals surface area contributed by atoms with Gasteiger partial charge in [-0.05, 0) is 23.3 Å². The number of amides is 2. The van der Waals surface area contributed by atoms with E-state index in [1.54, 1.807) is 24.3 Å². The normalized spacial score (nSPS) is 10.1. The Morgan fingerprint density at radius 2 is 2.05 bits per heavy atom. The third-order valence-corrected chi connectivity index (χ3v) is 3.29. The lowest BCUT2D eigenvalue weighted by Crippen LogP contribution is -2.37.